The molecule has 1 fully saturated rings. The molecule has 1 aliphatic rings. The number of nitrogens with one attached hydrogen (secondary N) is 1. The minimum absolute atomic E-state index is 0.102. The summed E-state index contributed by atoms with van der Waals surface area (Å²) in [6.45, 7) is 5.57. The largest absolute Gasteiger partial charge is 0.478 e. The number of urea groups is 1. The zero-order chi connectivity index (χ0) is 15.4. The van der Waals surface area contributed by atoms with E-state index >= 15 is 0 Å². The van der Waals surface area contributed by atoms with Crippen molar-refractivity contribution in [1.29, 1.82) is 0 Å². The van der Waals surface area contributed by atoms with E-state index in [4.69, 9.17) is 5.11 Å². The van der Waals surface area contributed by atoms with Gasteiger partial charge >= 0.3 is 12.0 Å². The Labute approximate surface area is 125 Å². The molecule has 21 heavy (non-hydrogen) atoms. The maximum Gasteiger partial charge on any atom is 0.335 e. The Morgan fingerprint density at radius 3 is 2.71 bits per heavy atom. The van der Waals surface area contributed by atoms with E-state index < -0.39 is 5.97 Å². The van der Waals surface area contributed by atoms with E-state index in [9.17, 15) is 9.59 Å². The molecule has 2 amide bonds. The lowest BCUT2D eigenvalue weighted by Gasteiger charge is -2.21. The number of aryl methyl sites for hydroxylation is 1. The molecule has 1 aromatic rings. The second kappa shape index (κ2) is 6.61. The number of rotatable bonds is 2. The predicted octanol–water partition coefficient (Wildman–Crippen LogP) is 3.35. The fourth-order valence-electron chi connectivity index (χ4n) is 2.60. The van der Waals surface area contributed by atoms with Crippen LogP contribution in [0.15, 0.2) is 18.2 Å². The zero-order valence-electron chi connectivity index (χ0n) is 12.6. The molecule has 0 radical (unpaired) electrons. The van der Waals surface area contributed by atoms with Crippen molar-refractivity contribution in [2.24, 2.45) is 5.92 Å². The molecule has 2 rings (SSSR count). The fourth-order valence-corrected chi connectivity index (χ4v) is 2.60. The van der Waals surface area contributed by atoms with Gasteiger partial charge in [0.05, 0.1) is 5.56 Å². The molecule has 2 N–H and O–H groups in total. The molecule has 0 saturated carbocycles. The fraction of sp³-hybridized carbons (Fsp3) is 0.500. The number of aromatic carboxylic acids is 1. The number of benzene rings is 1. The summed E-state index contributed by atoms with van der Waals surface area (Å²) in [5.74, 6) is -0.295. The van der Waals surface area contributed by atoms with E-state index in [0.717, 1.165) is 37.9 Å². The van der Waals surface area contributed by atoms with Crippen molar-refractivity contribution in [1.82, 2.24) is 4.90 Å². The molecular formula is C16H22N2O3. The highest BCUT2D eigenvalue weighted by Crippen LogP contribution is 2.20. The molecule has 1 unspecified atom stereocenters. The standard InChI is InChI=1S/C16H22N2O3/c1-11-4-3-8-18(9-7-11)16(21)17-14-6-5-13(15(19)20)10-12(14)2/h5-6,10-11H,3-4,7-9H2,1-2H3,(H,17,21)(H,19,20). The van der Waals surface area contributed by atoms with E-state index in [2.05, 4.69) is 12.2 Å². The van der Waals surface area contributed by atoms with Crippen molar-refractivity contribution in [3.05, 3.63) is 29.3 Å². The summed E-state index contributed by atoms with van der Waals surface area (Å²) in [6.07, 6.45) is 3.23. The van der Waals surface area contributed by atoms with Crippen molar-refractivity contribution in [2.75, 3.05) is 18.4 Å². The number of likely N-dealkylation sites (tertiary alicyclic amines) is 1. The average molecular weight is 290 g/mol. The Morgan fingerprint density at radius 1 is 1.29 bits per heavy atom. The van der Waals surface area contributed by atoms with Gasteiger partial charge in [0.1, 0.15) is 0 Å². The number of nitrogens with zero attached hydrogens (tertiary/aromatic N) is 1. The number of carbonyl (C=O) groups excluding carboxylic acids is 1. The number of hydrogen-bond donors (Lipinski definition) is 2. The summed E-state index contributed by atoms with van der Waals surface area (Å²) in [5.41, 5.74) is 1.66. The zero-order valence-corrected chi connectivity index (χ0v) is 12.6. The van der Waals surface area contributed by atoms with Crippen molar-refractivity contribution < 1.29 is 14.7 Å². The first-order valence-electron chi connectivity index (χ1n) is 7.37. The summed E-state index contributed by atoms with van der Waals surface area (Å²) in [7, 11) is 0. The molecule has 1 saturated heterocycles. The molecule has 1 aliphatic heterocycles. The highest BCUT2D eigenvalue weighted by molar-refractivity contribution is 5.92. The topological polar surface area (TPSA) is 69.6 Å². The minimum Gasteiger partial charge on any atom is -0.478 e. The maximum atomic E-state index is 12.3. The molecule has 1 aromatic carbocycles. The SMILES string of the molecule is Cc1cc(C(=O)O)ccc1NC(=O)N1CCCC(C)CC1. The van der Waals surface area contributed by atoms with Gasteiger partial charge in [-0.25, -0.2) is 9.59 Å². The number of anilines is 1. The molecule has 5 nitrogen and oxygen atoms in total. The summed E-state index contributed by atoms with van der Waals surface area (Å²) in [5, 5.41) is 11.8. The van der Waals surface area contributed by atoms with Crippen LogP contribution in [-0.4, -0.2) is 35.1 Å². The lowest BCUT2D eigenvalue weighted by molar-refractivity contribution is 0.0697. The van der Waals surface area contributed by atoms with Gasteiger partial charge in [0.15, 0.2) is 0 Å². The second-order valence-electron chi connectivity index (χ2n) is 5.79. The average Bonchev–Trinajstić information content (AvgIpc) is 2.65. The smallest absolute Gasteiger partial charge is 0.335 e. The van der Waals surface area contributed by atoms with E-state index in [1.54, 1.807) is 19.1 Å². The molecule has 1 heterocycles. The summed E-state index contributed by atoms with van der Waals surface area (Å²) >= 11 is 0. The van der Waals surface area contributed by atoms with Gasteiger partial charge in [0, 0.05) is 18.8 Å². The number of amides is 2. The Bertz CT molecular complexity index is 542. The lowest BCUT2D eigenvalue weighted by Crippen LogP contribution is -2.35. The number of carbonyl (C=O) groups is 2. The number of carboxylic acids is 1. The number of carboxylic acid groups (broad SMARTS) is 1. The summed E-state index contributed by atoms with van der Waals surface area (Å²) in [6, 6.07) is 4.63. The molecule has 1 atom stereocenters. The van der Waals surface area contributed by atoms with E-state index in [0.29, 0.717) is 11.6 Å². The van der Waals surface area contributed by atoms with Crippen LogP contribution in [0.2, 0.25) is 0 Å². The third kappa shape index (κ3) is 3.97. The van der Waals surface area contributed by atoms with E-state index in [1.807, 2.05) is 4.90 Å². The molecule has 0 spiro atoms. The molecule has 0 bridgehead atoms. The van der Waals surface area contributed by atoms with Crippen molar-refractivity contribution in [2.45, 2.75) is 33.1 Å². The highest BCUT2D eigenvalue weighted by atomic mass is 16.4. The maximum absolute atomic E-state index is 12.3. The van der Waals surface area contributed by atoms with Crippen LogP contribution < -0.4 is 5.32 Å². The quantitative estimate of drug-likeness (QED) is 0.877. The molecule has 114 valence electrons. The van der Waals surface area contributed by atoms with Gasteiger partial charge in [-0.2, -0.15) is 0 Å². The first kappa shape index (κ1) is 15.4. The van der Waals surface area contributed by atoms with Crippen LogP contribution in [0.4, 0.5) is 10.5 Å². The lowest BCUT2D eigenvalue weighted by atomic mass is 10.0. The highest BCUT2D eigenvalue weighted by Gasteiger charge is 2.19. The first-order valence-corrected chi connectivity index (χ1v) is 7.37. The predicted molar refractivity (Wildman–Crippen MR) is 81.7 cm³/mol. The second-order valence-corrected chi connectivity index (χ2v) is 5.79. The van der Waals surface area contributed by atoms with Crippen LogP contribution >= 0.6 is 0 Å². The molecule has 5 heteroatoms. The van der Waals surface area contributed by atoms with E-state index in [-0.39, 0.29) is 11.6 Å². The van der Waals surface area contributed by atoms with E-state index in [1.165, 1.54) is 6.07 Å². The Kier molecular flexibility index (Phi) is 4.83. The van der Waals surface area contributed by atoms with Crippen LogP contribution in [0, 0.1) is 12.8 Å². The van der Waals surface area contributed by atoms with Gasteiger partial charge in [-0.3, -0.25) is 0 Å². The molecule has 0 aromatic heterocycles. The van der Waals surface area contributed by atoms with Crippen LogP contribution in [0.3, 0.4) is 0 Å². The third-order valence-electron chi connectivity index (χ3n) is 4.02. The van der Waals surface area contributed by atoms with Crippen LogP contribution in [0.1, 0.15) is 42.1 Å². The summed E-state index contributed by atoms with van der Waals surface area (Å²) in [4.78, 5) is 25.0. The normalized spacial score (nSPS) is 19.0. The van der Waals surface area contributed by atoms with Gasteiger partial charge in [0.25, 0.3) is 0 Å². The Morgan fingerprint density at radius 2 is 2.05 bits per heavy atom. The molecule has 0 aliphatic carbocycles. The Balaban J connectivity index is 2.03. The van der Waals surface area contributed by atoms with Crippen LogP contribution in [-0.2, 0) is 0 Å². The first-order chi connectivity index (χ1) is 9.97. The number of hydrogen-bond acceptors (Lipinski definition) is 2. The van der Waals surface area contributed by atoms with Gasteiger partial charge in [-0.1, -0.05) is 6.92 Å². The van der Waals surface area contributed by atoms with Crippen molar-refractivity contribution in [3.8, 4) is 0 Å². The van der Waals surface area contributed by atoms with Gasteiger partial charge in [-0.05, 0) is 55.9 Å². The van der Waals surface area contributed by atoms with Gasteiger partial charge < -0.3 is 15.3 Å². The minimum atomic E-state index is -0.961. The van der Waals surface area contributed by atoms with Crippen molar-refractivity contribution in [3.63, 3.8) is 0 Å². The van der Waals surface area contributed by atoms with Gasteiger partial charge in [-0.15, -0.1) is 0 Å². The van der Waals surface area contributed by atoms with Crippen LogP contribution in [0.25, 0.3) is 0 Å². The third-order valence-corrected chi connectivity index (χ3v) is 4.02. The monoisotopic (exact) mass is 290 g/mol. The van der Waals surface area contributed by atoms with Crippen LogP contribution in [0.5, 0.6) is 0 Å². The summed E-state index contributed by atoms with van der Waals surface area (Å²) < 4.78 is 0. The van der Waals surface area contributed by atoms with Gasteiger partial charge in [0.2, 0.25) is 0 Å². The van der Waals surface area contributed by atoms with Crippen molar-refractivity contribution >= 4 is 17.7 Å². The molecular weight excluding hydrogens is 268 g/mol. The Hall–Kier alpha value is -2.04.